The van der Waals surface area contributed by atoms with Crippen LogP contribution >= 0.6 is 11.6 Å². The summed E-state index contributed by atoms with van der Waals surface area (Å²) < 4.78 is 5.06. The van der Waals surface area contributed by atoms with Gasteiger partial charge in [-0.3, -0.25) is 9.59 Å². The molecule has 140 valence electrons. The maximum Gasteiger partial charge on any atom is 0.295 e. The van der Waals surface area contributed by atoms with Crippen molar-refractivity contribution in [3.63, 3.8) is 0 Å². The lowest BCUT2D eigenvalue weighted by molar-refractivity contribution is -0.140. The van der Waals surface area contributed by atoms with E-state index in [9.17, 15) is 14.7 Å². The molecule has 1 fully saturated rings. The zero-order valence-electron chi connectivity index (χ0n) is 14.9. The van der Waals surface area contributed by atoms with E-state index in [2.05, 4.69) is 0 Å². The first-order valence-electron chi connectivity index (χ1n) is 8.63. The molecule has 27 heavy (non-hydrogen) atoms. The Kier molecular flexibility index (Phi) is 5.94. The van der Waals surface area contributed by atoms with Crippen LogP contribution in [0, 0.1) is 0 Å². The highest BCUT2D eigenvalue weighted by Crippen LogP contribution is 2.39. The van der Waals surface area contributed by atoms with Crippen molar-refractivity contribution >= 4 is 29.1 Å². The van der Waals surface area contributed by atoms with E-state index >= 15 is 0 Å². The van der Waals surface area contributed by atoms with Gasteiger partial charge in [-0.25, -0.2) is 0 Å². The van der Waals surface area contributed by atoms with E-state index in [0.29, 0.717) is 35.7 Å². The number of nitrogens with zero attached hydrogens (tertiary/aromatic N) is 1. The Morgan fingerprint density at radius 3 is 2.56 bits per heavy atom. The number of aliphatic hydroxyl groups excluding tert-OH is 1. The number of methoxy groups -OCH3 is 1. The molecule has 0 saturated carbocycles. The van der Waals surface area contributed by atoms with Crippen LogP contribution in [0.3, 0.4) is 0 Å². The molecule has 0 unspecified atom stereocenters. The summed E-state index contributed by atoms with van der Waals surface area (Å²) in [5, 5.41) is 11.3. The number of likely N-dealkylation sites (tertiary alicyclic amines) is 1. The van der Waals surface area contributed by atoms with Crippen LogP contribution in [0.5, 0.6) is 0 Å². The SMILES string of the molecule is COCCCN1C(=O)C(=O)C(=C(O)c2ccccc2)[C@@H]1c1cccc(Cl)c1. The molecular formula is C21H20ClNO4. The topological polar surface area (TPSA) is 66.8 Å². The third kappa shape index (κ3) is 3.89. The summed E-state index contributed by atoms with van der Waals surface area (Å²) in [7, 11) is 1.58. The number of halogens is 1. The zero-order valence-corrected chi connectivity index (χ0v) is 15.6. The van der Waals surface area contributed by atoms with Gasteiger partial charge in [0.05, 0.1) is 11.6 Å². The minimum absolute atomic E-state index is 0.0749. The van der Waals surface area contributed by atoms with E-state index in [1.54, 1.807) is 55.6 Å². The van der Waals surface area contributed by atoms with Crippen molar-refractivity contribution in [1.29, 1.82) is 0 Å². The van der Waals surface area contributed by atoms with E-state index in [1.165, 1.54) is 4.90 Å². The number of ether oxygens (including phenoxy) is 1. The number of rotatable bonds is 6. The lowest BCUT2D eigenvalue weighted by atomic mass is 9.95. The Bertz CT molecular complexity index is 879. The van der Waals surface area contributed by atoms with Crippen LogP contribution in [0.15, 0.2) is 60.2 Å². The summed E-state index contributed by atoms with van der Waals surface area (Å²) in [6.45, 7) is 0.797. The van der Waals surface area contributed by atoms with Gasteiger partial charge >= 0.3 is 0 Å². The Morgan fingerprint density at radius 2 is 1.89 bits per heavy atom. The van der Waals surface area contributed by atoms with E-state index in [-0.39, 0.29) is 11.3 Å². The highest BCUT2D eigenvalue weighted by molar-refractivity contribution is 6.46. The number of carbonyl (C=O) groups excluding carboxylic acids is 2. The second-order valence-electron chi connectivity index (χ2n) is 6.26. The molecule has 1 aliphatic heterocycles. The van der Waals surface area contributed by atoms with Crippen molar-refractivity contribution in [3.05, 3.63) is 76.3 Å². The predicted octanol–water partition coefficient (Wildman–Crippen LogP) is 3.80. The molecule has 0 aromatic heterocycles. The zero-order chi connectivity index (χ0) is 19.4. The average Bonchev–Trinajstić information content (AvgIpc) is 2.93. The molecular weight excluding hydrogens is 366 g/mol. The van der Waals surface area contributed by atoms with Crippen molar-refractivity contribution in [2.45, 2.75) is 12.5 Å². The molecule has 1 saturated heterocycles. The van der Waals surface area contributed by atoms with Gasteiger partial charge in [-0.1, -0.05) is 54.1 Å². The largest absolute Gasteiger partial charge is 0.507 e. The second kappa shape index (κ2) is 8.37. The highest BCUT2D eigenvalue weighted by Gasteiger charge is 2.45. The van der Waals surface area contributed by atoms with E-state index in [1.807, 2.05) is 6.07 Å². The Balaban J connectivity index is 2.12. The monoisotopic (exact) mass is 385 g/mol. The van der Waals surface area contributed by atoms with Gasteiger partial charge in [0.15, 0.2) is 0 Å². The van der Waals surface area contributed by atoms with Crippen LogP contribution in [0.25, 0.3) is 5.76 Å². The van der Waals surface area contributed by atoms with Gasteiger partial charge in [0.25, 0.3) is 11.7 Å². The van der Waals surface area contributed by atoms with Gasteiger partial charge in [-0.2, -0.15) is 0 Å². The Morgan fingerprint density at radius 1 is 1.15 bits per heavy atom. The number of ketones is 1. The molecule has 0 aliphatic carbocycles. The number of hydrogen-bond donors (Lipinski definition) is 1. The van der Waals surface area contributed by atoms with Crippen molar-refractivity contribution in [2.24, 2.45) is 0 Å². The first-order valence-corrected chi connectivity index (χ1v) is 9.00. The van der Waals surface area contributed by atoms with E-state index < -0.39 is 17.7 Å². The van der Waals surface area contributed by atoms with Crippen molar-refractivity contribution in [2.75, 3.05) is 20.3 Å². The third-order valence-electron chi connectivity index (χ3n) is 4.50. The maximum absolute atomic E-state index is 12.8. The fraction of sp³-hybridized carbons (Fsp3) is 0.238. The lowest BCUT2D eigenvalue weighted by Gasteiger charge is -2.25. The molecule has 0 radical (unpaired) electrons. The molecule has 6 heteroatoms. The van der Waals surface area contributed by atoms with Crippen LogP contribution in [0.4, 0.5) is 0 Å². The Hall–Kier alpha value is -2.63. The van der Waals surface area contributed by atoms with Crippen molar-refractivity contribution in [3.8, 4) is 0 Å². The molecule has 1 atom stereocenters. The van der Waals surface area contributed by atoms with Gasteiger partial charge in [-0.15, -0.1) is 0 Å². The molecule has 0 spiro atoms. The summed E-state index contributed by atoms with van der Waals surface area (Å²) in [6, 6.07) is 15.0. The molecule has 1 N–H and O–H groups in total. The number of benzene rings is 2. The predicted molar refractivity (Wildman–Crippen MR) is 103 cm³/mol. The molecule has 2 aromatic rings. The van der Waals surface area contributed by atoms with Gasteiger partial charge in [0, 0.05) is 30.8 Å². The first kappa shape index (κ1) is 19.1. The fourth-order valence-corrected chi connectivity index (χ4v) is 3.46. The van der Waals surface area contributed by atoms with Crippen LogP contribution in [-0.4, -0.2) is 42.0 Å². The number of aliphatic hydroxyl groups is 1. The summed E-state index contributed by atoms with van der Waals surface area (Å²) in [5.74, 6) is -1.51. The van der Waals surface area contributed by atoms with E-state index in [4.69, 9.17) is 16.3 Å². The molecule has 1 amide bonds. The molecule has 1 heterocycles. The van der Waals surface area contributed by atoms with Gasteiger partial charge in [0.1, 0.15) is 5.76 Å². The standard InChI is InChI=1S/C21H20ClNO4/c1-27-12-6-11-23-18(15-9-5-10-16(22)13-15)17(20(25)21(23)26)19(24)14-7-3-2-4-8-14/h2-5,7-10,13,18,24H,6,11-12H2,1H3/t18-/m0/s1. The summed E-state index contributed by atoms with van der Waals surface area (Å²) >= 11 is 6.13. The first-order chi connectivity index (χ1) is 13.0. The van der Waals surface area contributed by atoms with Crippen LogP contribution < -0.4 is 0 Å². The Labute approximate surface area is 162 Å². The lowest BCUT2D eigenvalue weighted by Crippen LogP contribution is -2.31. The summed E-state index contributed by atoms with van der Waals surface area (Å²) in [4.78, 5) is 26.9. The second-order valence-corrected chi connectivity index (χ2v) is 6.70. The smallest absolute Gasteiger partial charge is 0.295 e. The maximum atomic E-state index is 12.8. The van der Waals surface area contributed by atoms with Crippen molar-refractivity contribution < 1.29 is 19.4 Å². The molecule has 1 aliphatic rings. The summed E-state index contributed by atoms with van der Waals surface area (Å²) in [5.41, 5.74) is 1.24. The third-order valence-corrected chi connectivity index (χ3v) is 4.73. The van der Waals surface area contributed by atoms with Crippen LogP contribution in [0.2, 0.25) is 5.02 Å². The number of carbonyl (C=O) groups is 2. The number of Topliss-reactive ketones (excluding diaryl/α,β-unsaturated/α-hetero) is 1. The van der Waals surface area contributed by atoms with E-state index in [0.717, 1.165) is 0 Å². The molecule has 3 rings (SSSR count). The fourth-order valence-electron chi connectivity index (χ4n) is 3.26. The minimum Gasteiger partial charge on any atom is -0.507 e. The van der Waals surface area contributed by atoms with Gasteiger partial charge < -0.3 is 14.7 Å². The minimum atomic E-state index is -0.696. The molecule has 5 nitrogen and oxygen atoms in total. The highest BCUT2D eigenvalue weighted by atomic mass is 35.5. The van der Waals surface area contributed by atoms with Crippen molar-refractivity contribution in [1.82, 2.24) is 4.90 Å². The summed E-state index contributed by atoms with van der Waals surface area (Å²) in [6.07, 6.45) is 0.575. The number of hydrogen-bond acceptors (Lipinski definition) is 4. The van der Waals surface area contributed by atoms with Gasteiger partial charge in [0.2, 0.25) is 0 Å². The van der Waals surface area contributed by atoms with Gasteiger partial charge in [-0.05, 0) is 24.1 Å². The number of amides is 1. The normalized spacial score (nSPS) is 18.9. The van der Waals surface area contributed by atoms with Crippen LogP contribution in [0.1, 0.15) is 23.6 Å². The molecule has 2 aromatic carbocycles. The quantitative estimate of drug-likeness (QED) is 0.355. The average molecular weight is 386 g/mol. The molecule has 0 bridgehead atoms. The van der Waals surface area contributed by atoms with Crippen LogP contribution in [-0.2, 0) is 14.3 Å².